The lowest BCUT2D eigenvalue weighted by atomic mass is 9.82. The normalized spacial score (nSPS) is 25.3. The zero-order chi connectivity index (χ0) is 13.2. The van der Waals surface area contributed by atoms with Crippen LogP contribution in [0.5, 0.6) is 0 Å². The molecule has 2 heterocycles. The molecule has 0 aliphatic carbocycles. The highest BCUT2D eigenvalue weighted by Crippen LogP contribution is 2.36. The van der Waals surface area contributed by atoms with E-state index in [-0.39, 0.29) is 10.8 Å². The lowest BCUT2D eigenvalue weighted by Crippen LogP contribution is -2.35. The minimum absolute atomic E-state index is 0.152. The Balaban J connectivity index is 2.10. The predicted octanol–water partition coefficient (Wildman–Crippen LogP) is 4.17. The zero-order valence-electron chi connectivity index (χ0n) is 11.5. The maximum absolute atomic E-state index is 5.67. The molecule has 0 aromatic carbocycles. The molecular formula is C14H22BrNOS. The molecule has 1 aromatic rings. The van der Waals surface area contributed by atoms with Gasteiger partial charge in [0.25, 0.3) is 0 Å². The molecule has 1 fully saturated rings. The van der Waals surface area contributed by atoms with Crippen LogP contribution in [0.4, 0.5) is 0 Å². The van der Waals surface area contributed by atoms with E-state index in [0.29, 0.717) is 0 Å². The maximum atomic E-state index is 5.67. The smallest absolute Gasteiger partial charge is 0.0935 e. The fourth-order valence-corrected chi connectivity index (χ4v) is 4.09. The summed E-state index contributed by atoms with van der Waals surface area (Å²) in [7, 11) is 0. The van der Waals surface area contributed by atoms with Gasteiger partial charge in [0.15, 0.2) is 0 Å². The largest absolute Gasteiger partial charge is 0.381 e. The first-order valence-electron chi connectivity index (χ1n) is 6.54. The summed E-state index contributed by atoms with van der Waals surface area (Å²) >= 11 is 5.47. The SMILES string of the molecule is CC(C)(C)c1csc(CC2(CBr)CCCOC2)n1. The van der Waals surface area contributed by atoms with Gasteiger partial charge in [-0.1, -0.05) is 36.7 Å². The molecule has 2 nitrogen and oxygen atoms in total. The molecule has 0 N–H and O–H groups in total. The molecule has 0 bridgehead atoms. The standard InChI is InChI=1S/C14H22BrNOS/c1-13(2,3)11-8-18-12(16-11)7-14(9-15)5-4-6-17-10-14/h8H,4-7,9-10H2,1-3H3. The number of rotatable bonds is 3. The molecule has 18 heavy (non-hydrogen) atoms. The van der Waals surface area contributed by atoms with Gasteiger partial charge in [0.05, 0.1) is 17.3 Å². The average molecular weight is 332 g/mol. The van der Waals surface area contributed by atoms with Gasteiger partial charge in [-0.05, 0) is 12.8 Å². The summed E-state index contributed by atoms with van der Waals surface area (Å²) in [6, 6.07) is 0. The number of hydrogen-bond acceptors (Lipinski definition) is 3. The molecule has 1 aromatic heterocycles. The minimum Gasteiger partial charge on any atom is -0.381 e. The molecule has 0 radical (unpaired) electrons. The van der Waals surface area contributed by atoms with E-state index in [4.69, 9.17) is 9.72 Å². The highest BCUT2D eigenvalue weighted by Gasteiger charge is 2.33. The van der Waals surface area contributed by atoms with Crippen LogP contribution in [0.3, 0.4) is 0 Å². The Kier molecular flexibility index (Phi) is 4.50. The topological polar surface area (TPSA) is 22.1 Å². The van der Waals surface area contributed by atoms with E-state index in [1.807, 2.05) is 0 Å². The molecule has 1 unspecified atom stereocenters. The molecule has 2 rings (SSSR count). The molecule has 102 valence electrons. The average Bonchev–Trinajstić information content (AvgIpc) is 2.78. The zero-order valence-corrected chi connectivity index (χ0v) is 13.9. The maximum Gasteiger partial charge on any atom is 0.0935 e. The van der Waals surface area contributed by atoms with Gasteiger partial charge in [-0.2, -0.15) is 0 Å². The summed E-state index contributed by atoms with van der Waals surface area (Å²) in [4.78, 5) is 4.81. The van der Waals surface area contributed by atoms with Gasteiger partial charge in [-0.15, -0.1) is 11.3 Å². The number of ether oxygens (including phenoxy) is 1. The molecule has 0 saturated carbocycles. The number of nitrogens with zero attached hydrogens (tertiary/aromatic N) is 1. The van der Waals surface area contributed by atoms with Crippen LogP contribution in [-0.2, 0) is 16.6 Å². The quantitative estimate of drug-likeness (QED) is 0.775. The van der Waals surface area contributed by atoms with Gasteiger partial charge in [-0.3, -0.25) is 0 Å². The molecule has 4 heteroatoms. The van der Waals surface area contributed by atoms with Crippen LogP contribution in [0, 0.1) is 5.41 Å². The summed E-state index contributed by atoms with van der Waals surface area (Å²) in [5.74, 6) is 0. The third-order valence-electron chi connectivity index (χ3n) is 3.53. The van der Waals surface area contributed by atoms with Gasteiger partial charge in [0, 0.05) is 34.6 Å². The van der Waals surface area contributed by atoms with Crippen molar-refractivity contribution in [3.8, 4) is 0 Å². The van der Waals surface area contributed by atoms with Crippen LogP contribution in [0.2, 0.25) is 0 Å². The Morgan fingerprint density at radius 2 is 2.28 bits per heavy atom. The Morgan fingerprint density at radius 1 is 1.50 bits per heavy atom. The Bertz CT molecular complexity index is 391. The van der Waals surface area contributed by atoms with Crippen LogP contribution in [-0.4, -0.2) is 23.5 Å². The second-order valence-electron chi connectivity index (χ2n) is 6.34. The fraction of sp³-hybridized carbons (Fsp3) is 0.786. The van der Waals surface area contributed by atoms with Crippen molar-refractivity contribution in [3.63, 3.8) is 0 Å². The second-order valence-corrected chi connectivity index (χ2v) is 7.85. The molecule has 0 spiro atoms. The summed E-state index contributed by atoms with van der Waals surface area (Å²) in [5, 5.41) is 4.47. The van der Waals surface area contributed by atoms with Crippen LogP contribution in [0.15, 0.2) is 5.38 Å². The Morgan fingerprint density at radius 3 is 2.78 bits per heavy atom. The molecule has 1 aliphatic rings. The first kappa shape index (κ1) is 14.5. The van der Waals surface area contributed by atoms with Crippen molar-refractivity contribution < 1.29 is 4.74 Å². The summed E-state index contributed by atoms with van der Waals surface area (Å²) < 4.78 is 5.67. The number of hydrogen-bond donors (Lipinski definition) is 0. The van der Waals surface area contributed by atoms with E-state index < -0.39 is 0 Å². The fourth-order valence-electron chi connectivity index (χ4n) is 2.26. The van der Waals surface area contributed by atoms with E-state index in [1.54, 1.807) is 11.3 Å². The van der Waals surface area contributed by atoms with E-state index in [2.05, 4.69) is 42.1 Å². The Hall–Kier alpha value is 0.0700. The van der Waals surface area contributed by atoms with Gasteiger partial charge >= 0.3 is 0 Å². The van der Waals surface area contributed by atoms with E-state index in [1.165, 1.54) is 23.5 Å². The molecule has 1 aliphatic heterocycles. The highest BCUT2D eigenvalue weighted by molar-refractivity contribution is 9.09. The van der Waals surface area contributed by atoms with Gasteiger partial charge in [0.1, 0.15) is 0 Å². The summed E-state index contributed by atoms with van der Waals surface area (Å²) in [5.41, 5.74) is 1.62. The van der Waals surface area contributed by atoms with Crippen LogP contribution in [0.25, 0.3) is 0 Å². The van der Waals surface area contributed by atoms with Crippen molar-refractivity contribution in [1.82, 2.24) is 4.98 Å². The van der Waals surface area contributed by atoms with E-state index >= 15 is 0 Å². The van der Waals surface area contributed by atoms with Crippen LogP contribution < -0.4 is 0 Å². The van der Waals surface area contributed by atoms with Crippen molar-refractivity contribution in [2.45, 2.75) is 45.4 Å². The Labute approximate surface area is 122 Å². The first-order chi connectivity index (χ1) is 8.45. The number of halogens is 1. The van der Waals surface area contributed by atoms with Gasteiger partial charge in [-0.25, -0.2) is 4.98 Å². The van der Waals surface area contributed by atoms with Crippen molar-refractivity contribution >= 4 is 27.3 Å². The van der Waals surface area contributed by atoms with E-state index in [0.717, 1.165) is 25.0 Å². The molecule has 1 saturated heterocycles. The molecular weight excluding hydrogens is 310 g/mol. The highest BCUT2D eigenvalue weighted by atomic mass is 79.9. The van der Waals surface area contributed by atoms with Crippen molar-refractivity contribution in [1.29, 1.82) is 0 Å². The van der Waals surface area contributed by atoms with Gasteiger partial charge in [0.2, 0.25) is 0 Å². The predicted molar refractivity (Wildman–Crippen MR) is 80.8 cm³/mol. The molecule has 0 amide bonds. The summed E-state index contributed by atoms with van der Waals surface area (Å²) in [6.07, 6.45) is 3.45. The third-order valence-corrected chi connectivity index (χ3v) is 5.57. The number of alkyl halides is 1. The lowest BCUT2D eigenvalue weighted by Gasteiger charge is -2.34. The van der Waals surface area contributed by atoms with E-state index in [9.17, 15) is 0 Å². The monoisotopic (exact) mass is 331 g/mol. The second kappa shape index (κ2) is 5.59. The third kappa shape index (κ3) is 3.34. The first-order valence-corrected chi connectivity index (χ1v) is 8.54. The summed E-state index contributed by atoms with van der Waals surface area (Å²) in [6.45, 7) is 8.43. The van der Waals surface area contributed by atoms with Crippen LogP contribution in [0.1, 0.15) is 44.3 Å². The van der Waals surface area contributed by atoms with Crippen molar-refractivity contribution in [3.05, 3.63) is 16.1 Å². The lowest BCUT2D eigenvalue weighted by molar-refractivity contribution is 0.00610. The number of aromatic nitrogens is 1. The van der Waals surface area contributed by atoms with Gasteiger partial charge < -0.3 is 4.74 Å². The number of thiazole rings is 1. The molecule has 1 atom stereocenters. The van der Waals surface area contributed by atoms with Crippen molar-refractivity contribution in [2.75, 3.05) is 18.5 Å². The minimum atomic E-state index is 0.152. The van der Waals surface area contributed by atoms with Crippen molar-refractivity contribution in [2.24, 2.45) is 5.41 Å². The van der Waals surface area contributed by atoms with Crippen LogP contribution >= 0.6 is 27.3 Å².